The number of pyridine rings is 1. The molecular weight excluding hydrogens is 206 g/mol. The fraction of sp³-hybridized carbons (Fsp3) is 0.333. The molecule has 0 aromatic carbocycles. The second-order valence-electron chi connectivity index (χ2n) is 3.40. The van der Waals surface area contributed by atoms with Crippen LogP contribution in [0.3, 0.4) is 0 Å². The normalized spacial score (nSPS) is 12.6. The summed E-state index contributed by atoms with van der Waals surface area (Å²) in [5, 5.41) is 11.8. The van der Waals surface area contributed by atoms with Gasteiger partial charge in [-0.25, -0.2) is 0 Å². The summed E-state index contributed by atoms with van der Waals surface area (Å²) in [4.78, 5) is 5.38. The molecule has 0 radical (unpaired) electrons. The predicted molar refractivity (Wildman–Crippen MR) is 56.8 cm³/mol. The van der Waals surface area contributed by atoms with E-state index in [1.54, 1.807) is 19.4 Å². The van der Waals surface area contributed by atoms with Gasteiger partial charge in [0.1, 0.15) is 0 Å². The van der Waals surface area contributed by atoms with Crippen molar-refractivity contribution < 1.29 is 0 Å². The summed E-state index contributed by atoms with van der Waals surface area (Å²) in [5.41, 5.74) is 3.78. The number of nitrogens with zero attached hydrogens (tertiary/aromatic N) is 5. The SMILES string of the molecule is Cn1nnc(CC(NN)c2ccncc2)n1. The second kappa shape index (κ2) is 4.77. The molecule has 7 heteroatoms. The largest absolute Gasteiger partial charge is 0.271 e. The van der Waals surface area contributed by atoms with E-state index in [2.05, 4.69) is 25.8 Å². The summed E-state index contributed by atoms with van der Waals surface area (Å²) in [7, 11) is 1.73. The van der Waals surface area contributed by atoms with E-state index in [4.69, 9.17) is 5.84 Å². The molecule has 16 heavy (non-hydrogen) atoms. The molecule has 7 nitrogen and oxygen atoms in total. The summed E-state index contributed by atoms with van der Waals surface area (Å²) >= 11 is 0. The first-order chi connectivity index (χ1) is 7.79. The first-order valence-corrected chi connectivity index (χ1v) is 4.88. The maximum atomic E-state index is 5.51. The van der Waals surface area contributed by atoms with Gasteiger partial charge in [-0.2, -0.15) is 4.80 Å². The minimum Gasteiger partial charge on any atom is -0.271 e. The molecule has 0 fully saturated rings. The van der Waals surface area contributed by atoms with Crippen LogP contribution in [0.25, 0.3) is 0 Å². The van der Waals surface area contributed by atoms with E-state index < -0.39 is 0 Å². The summed E-state index contributed by atoms with van der Waals surface area (Å²) in [6.45, 7) is 0. The molecule has 2 heterocycles. The van der Waals surface area contributed by atoms with Crippen LogP contribution < -0.4 is 11.3 Å². The molecule has 0 saturated carbocycles. The minimum absolute atomic E-state index is 0.0350. The number of hydrogen-bond acceptors (Lipinski definition) is 6. The van der Waals surface area contributed by atoms with Crippen LogP contribution >= 0.6 is 0 Å². The molecule has 2 aromatic heterocycles. The minimum atomic E-state index is -0.0350. The molecule has 2 aromatic rings. The molecule has 1 atom stereocenters. The average molecular weight is 219 g/mol. The molecule has 0 amide bonds. The zero-order chi connectivity index (χ0) is 11.4. The van der Waals surface area contributed by atoms with Gasteiger partial charge in [-0.05, 0) is 22.9 Å². The van der Waals surface area contributed by atoms with Gasteiger partial charge in [0.2, 0.25) is 0 Å². The average Bonchev–Trinajstić information content (AvgIpc) is 2.73. The topological polar surface area (TPSA) is 94.5 Å². The van der Waals surface area contributed by atoms with Crippen molar-refractivity contribution in [2.45, 2.75) is 12.5 Å². The van der Waals surface area contributed by atoms with Gasteiger partial charge >= 0.3 is 0 Å². The van der Waals surface area contributed by atoms with Crippen LogP contribution in [0.5, 0.6) is 0 Å². The van der Waals surface area contributed by atoms with Crippen molar-refractivity contribution in [2.75, 3.05) is 0 Å². The monoisotopic (exact) mass is 219 g/mol. The van der Waals surface area contributed by atoms with Crippen molar-refractivity contribution in [3.63, 3.8) is 0 Å². The molecule has 0 aliphatic heterocycles. The van der Waals surface area contributed by atoms with Gasteiger partial charge < -0.3 is 0 Å². The Morgan fingerprint density at radius 3 is 2.75 bits per heavy atom. The van der Waals surface area contributed by atoms with Crippen molar-refractivity contribution in [2.24, 2.45) is 12.9 Å². The quantitative estimate of drug-likeness (QED) is 0.524. The molecule has 0 aliphatic rings. The Bertz CT molecular complexity index is 438. The molecular formula is C9H13N7. The highest BCUT2D eigenvalue weighted by atomic mass is 15.6. The van der Waals surface area contributed by atoms with Crippen LogP contribution in [0.4, 0.5) is 0 Å². The third-order valence-corrected chi connectivity index (χ3v) is 2.25. The fourth-order valence-electron chi connectivity index (χ4n) is 1.46. The maximum Gasteiger partial charge on any atom is 0.176 e. The molecule has 0 bridgehead atoms. The van der Waals surface area contributed by atoms with Crippen molar-refractivity contribution >= 4 is 0 Å². The third-order valence-electron chi connectivity index (χ3n) is 2.25. The molecule has 0 aliphatic carbocycles. The van der Waals surface area contributed by atoms with E-state index in [1.807, 2.05) is 12.1 Å². The first kappa shape index (κ1) is 10.7. The fourth-order valence-corrected chi connectivity index (χ4v) is 1.46. The van der Waals surface area contributed by atoms with Crippen LogP contribution in [0.1, 0.15) is 17.4 Å². The standard InChI is InChI=1S/C9H13N7/c1-16-14-9(13-15-16)6-8(12-10)7-2-4-11-5-3-7/h2-5,8,12H,6,10H2,1H3. The van der Waals surface area contributed by atoms with Gasteiger partial charge in [-0.15, -0.1) is 10.2 Å². The lowest BCUT2D eigenvalue weighted by molar-refractivity contribution is 0.535. The maximum absolute atomic E-state index is 5.51. The molecule has 3 N–H and O–H groups in total. The lowest BCUT2D eigenvalue weighted by Crippen LogP contribution is -2.29. The van der Waals surface area contributed by atoms with Gasteiger partial charge in [0, 0.05) is 18.8 Å². The highest BCUT2D eigenvalue weighted by molar-refractivity contribution is 5.15. The van der Waals surface area contributed by atoms with Crippen molar-refractivity contribution in [1.29, 1.82) is 0 Å². The van der Waals surface area contributed by atoms with Gasteiger partial charge in [0.15, 0.2) is 5.82 Å². The Balaban J connectivity index is 2.12. The smallest absolute Gasteiger partial charge is 0.176 e. The number of tetrazole rings is 1. The molecule has 0 saturated heterocycles. The van der Waals surface area contributed by atoms with Crippen molar-refractivity contribution in [3.8, 4) is 0 Å². The van der Waals surface area contributed by atoms with Crippen LogP contribution in [-0.2, 0) is 13.5 Å². The van der Waals surface area contributed by atoms with Crippen LogP contribution in [0, 0.1) is 0 Å². The van der Waals surface area contributed by atoms with Gasteiger partial charge in [-0.3, -0.25) is 16.3 Å². The lowest BCUT2D eigenvalue weighted by Gasteiger charge is -2.13. The van der Waals surface area contributed by atoms with Gasteiger partial charge in [0.05, 0.1) is 13.1 Å². The lowest BCUT2D eigenvalue weighted by atomic mass is 10.1. The zero-order valence-electron chi connectivity index (χ0n) is 8.91. The van der Waals surface area contributed by atoms with E-state index in [1.165, 1.54) is 4.80 Å². The van der Waals surface area contributed by atoms with E-state index in [-0.39, 0.29) is 6.04 Å². The number of hydrazine groups is 1. The number of hydrogen-bond donors (Lipinski definition) is 2. The predicted octanol–water partition coefficient (Wildman–Crippen LogP) is -0.648. The Morgan fingerprint density at radius 1 is 1.44 bits per heavy atom. The Kier molecular flexibility index (Phi) is 3.18. The number of nitrogens with two attached hydrogens (primary N) is 1. The van der Waals surface area contributed by atoms with E-state index >= 15 is 0 Å². The number of aryl methyl sites for hydroxylation is 1. The number of aromatic nitrogens is 5. The zero-order valence-corrected chi connectivity index (χ0v) is 8.91. The highest BCUT2D eigenvalue weighted by Crippen LogP contribution is 2.13. The van der Waals surface area contributed by atoms with E-state index in [0.29, 0.717) is 12.2 Å². The van der Waals surface area contributed by atoms with Crippen LogP contribution in [-0.4, -0.2) is 25.2 Å². The molecule has 84 valence electrons. The summed E-state index contributed by atoms with van der Waals surface area (Å²) in [5.74, 6) is 6.16. The molecule has 2 rings (SSSR count). The second-order valence-corrected chi connectivity index (χ2v) is 3.40. The number of nitrogens with one attached hydrogen (secondary N) is 1. The van der Waals surface area contributed by atoms with Crippen LogP contribution in [0.2, 0.25) is 0 Å². The highest BCUT2D eigenvalue weighted by Gasteiger charge is 2.13. The van der Waals surface area contributed by atoms with Gasteiger partial charge in [0.25, 0.3) is 0 Å². The van der Waals surface area contributed by atoms with Crippen LogP contribution in [0.15, 0.2) is 24.5 Å². The Labute approximate surface area is 92.6 Å². The Morgan fingerprint density at radius 2 is 2.19 bits per heavy atom. The van der Waals surface area contributed by atoms with Gasteiger partial charge in [-0.1, -0.05) is 0 Å². The van der Waals surface area contributed by atoms with E-state index in [0.717, 1.165) is 5.56 Å². The van der Waals surface area contributed by atoms with Crippen molar-refractivity contribution in [1.82, 2.24) is 30.6 Å². The molecule has 0 spiro atoms. The first-order valence-electron chi connectivity index (χ1n) is 4.88. The third kappa shape index (κ3) is 2.38. The van der Waals surface area contributed by atoms with E-state index in [9.17, 15) is 0 Å². The summed E-state index contributed by atoms with van der Waals surface area (Å²) in [6, 6.07) is 3.77. The Hall–Kier alpha value is -1.86. The molecule has 1 unspecified atom stereocenters. The number of rotatable bonds is 4. The summed E-state index contributed by atoms with van der Waals surface area (Å²) < 4.78 is 0. The summed E-state index contributed by atoms with van der Waals surface area (Å²) in [6.07, 6.45) is 4.04. The van der Waals surface area contributed by atoms with Crippen molar-refractivity contribution in [3.05, 3.63) is 35.9 Å².